The number of fused-ring (bicyclic) bond motifs is 3. The molecule has 2 aliphatic rings. The summed E-state index contributed by atoms with van der Waals surface area (Å²) < 4.78 is 31.5. The summed E-state index contributed by atoms with van der Waals surface area (Å²) in [6.07, 6.45) is 6.25. The summed E-state index contributed by atoms with van der Waals surface area (Å²) in [5, 5.41) is 2.29. The summed E-state index contributed by atoms with van der Waals surface area (Å²) in [5.41, 5.74) is 6.43. The van der Waals surface area contributed by atoms with Gasteiger partial charge in [0.25, 0.3) is 0 Å². The zero-order chi connectivity index (χ0) is 28.8. The van der Waals surface area contributed by atoms with E-state index in [0.717, 1.165) is 35.9 Å². The van der Waals surface area contributed by atoms with E-state index in [9.17, 15) is 8.42 Å². The van der Waals surface area contributed by atoms with Gasteiger partial charge < -0.3 is 4.90 Å². The Kier molecular flexibility index (Phi) is 8.47. The molecule has 212 valence electrons. The zero-order valence-corrected chi connectivity index (χ0v) is 26.7. The Bertz CT molecular complexity index is 1520. The van der Waals surface area contributed by atoms with Crippen molar-refractivity contribution >= 4 is 40.0 Å². The molecule has 4 rings (SSSR count). The molecule has 0 atom stereocenters. The van der Waals surface area contributed by atoms with Crippen molar-refractivity contribution in [3.8, 4) is 0 Å². The molecule has 7 heteroatoms. The number of hydrogen-bond acceptors (Lipinski definition) is 4. The zero-order valence-electron chi connectivity index (χ0n) is 25.0. The topological polar surface area (TPSA) is 43.6 Å². The number of anilines is 1. The van der Waals surface area contributed by atoms with Crippen LogP contribution >= 0.6 is 12.6 Å². The fraction of sp³-hybridized carbons (Fsp3) is 0.531. The highest BCUT2D eigenvalue weighted by Crippen LogP contribution is 2.37. The number of rotatable bonds is 10. The number of hydrogen-bond donors (Lipinski definition) is 1. The van der Waals surface area contributed by atoms with Crippen LogP contribution in [0.3, 0.4) is 0 Å². The monoisotopic (exact) mass is 568 g/mol. The summed E-state index contributed by atoms with van der Waals surface area (Å²) in [7, 11) is 0.659. The number of sulfonamides is 1. The molecule has 2 aromatic rings. The van der Waals surface area contributed by atoms with Crippen molar-refractivity contribution in [3.63, 3.8) is 0 Å². The van der Waals surface area contributed by atoms with Gasteiger partial charge in [-0.15, -0.1) is 0 Å². The molecule has 0 bridgehead atoms. The van der Waals surface area contributed by atoms with E-state index in [1.54, 1.807) is 4.31 Å². The van der Waals surface area contributed by atoms with Crippen molar-refractivity contribution in [1.82, 2.24) is 8.88 Å². The third kappa shape index (κ3) is 5.59. The molecule has 1 aliphatic heterocycles. The molecule has 1 heterocycles. The number of thiol groups is 1. The molecule has 1 aliphatic carbocycles. The predicted octanol–water partition coefficient (Wildman–Crippen LogP) is 4.27. The van der Waals surface area contributed by atoms with Crippen LogP contribution in [0.25, 0.3) is 11.6 Å². The highest BCUT2D eigenvalue weighted by molar-refractivity contribution is 7.89. The summed E-state index contributed by atoms with van der Waals surface area (Å²) in [5.74, 6) is 0.517. The van der Waals surface area contributed by atoms with Crippen molar-refractivity contribution in [2.75, 3.05) is 50.1 Å². The molecule has 0 radical (unpaired) electrons. The van der Waals surface area contributed by atoms with Crippen molar-refractivity contribution < 1.29 is 8.42 Å². The SMILES string of the molecule is CCCCN(CCS)S(=O)(=O)CC1=CC(C)(C)[N+](CC)=c2cc3c(cc21)=Cc1ccc(N(C)C)cc1C3(C)C. The lowest BCUT2D eigenvalue weighted by molar-refractivity contribution is 0.401. The average Bonchev–Trinajstić information content (AvgIpc) is 2.85. The Morgan fingerprint density at radius 3 is 2.31 bits per heavy atom. The van der Waals surface area contributed by atoms with Gasteiger partial charge in [-0.05, 0) is 71.2 Å². The van der Waals surface area contributed by atoms with Crippen LogP contribution in [0.5, 0.6) is 0 Å². The normalized spacial score (nSPS) is 17.2. The molecule has 39 heavy (non-hydrogen) atoms. The molecule has 0 N–H and O–H groups in total. The van der Waals surface area contributed by atoms with Crippen molar-refractivity contribution in [2.45, 2.75) is 65.3 Å². The van der Waals surface area contributed by atoms with E-state index in [2.05, 4.69) is 120 Å². The molecule has 0 unspecified atom stereocenters. The van der Waals surface area contributed by atoms with E-state index < -0.39 is 10.0 Å². The molecule has 2 aromatic carbocycles. The third-order valence-electron chi connectivity index (χ3n) is 8.40. The maximum absolute atomic E-state index is 13.7. The minimum atomic E-state index is -3.50. The molecule has 0 aromatic heterocycles. The van der Waals surface area contributed by atoms with Gasteiger partial charge in [0.1, 0.15) is 6.54 Å². The number of benzene rings is 2. The highest BCUT2D eigenvalue weighted by atomic mass is 32.2. The molecule has 0 fully saturated rings. The first-order valence-corrected chi connectivity index (χ1v) is 16.4. The Balaban J connectivity index is 1.93. The smallest absolute Gasteiger partial charge is 0.218 e. The Morgan fingerprint density at radius 2 is 1.69 bits per heavy atom. The van der Waals surface area contributed by atoms with Crippen LogP contribution in [-0.4, -0.2) is 63.5 Å². The van der Waals surface area contributed by atoms with Gasteiger partial charge in [-0.1, -0.05) is 33.3 Å². The standard InChI is InChI=1S/C32H45N3O2S2/c1-9-11-14-34(15-16-38)39(36,37)22-25-21-31(3,4)35(10-2)30-20-29-24(18-27(25)30)17-23-12-13-26(33(7)8)19-28(23)32(29,5)6/h12-13,17-21H,9-11,14-16,22H2,1-8H3/p+1. The van der Waals surface area contributed by atoms with E-state index in [-0.39, 0.29) is 16.7 Å². The van der Waals surface area contributed by atoms with Crippen LogP contribution in [0.2, 0.25) is 0 Å². The fourth-order valence-corrected chi connectivity index (χ4v) is 8.23. The van der Waals surface area contributed by atoms with E-state index in [4.69, 9.17) is 0 Å². The van der Waals surface area contributed by atoms with Crippen LogP contribution in [0.15, 0.2) is 36.4 Å². The first kappa shape index (κ1) is 29.9. The Hall–Kier alpha value is -2.09. The van der Waals surface area contributed by atoms with Crippen LogP contribution in [0.4, 0.5) is 5.69 Å². The molecular weight excluding hydrogens is 523 g/mol. The highest BCUT2D eigenvalue weighted by Gasteiger charge is 2.38. The number of likely N-dealkylation sites (N-methyl/N-ethyl adjacent to an activating group) is 1. The molecule has 0 saturated carbocycles. The van der Waals surface area contributed by atoms with Gasteiger partial charge >= 0.3 is 0 Å². The minimum absolute atomic E-state index is 0.00341. The lowest BCUT2D eigenvalue weighted by Gasteiger charge is -2.34. The Morgan fingerprint density at radius 1 is 0.974 bits per heavy atom. The van der Waals surface area contributed by atoms with Gasteiger partial charge in [0.05, 0.1) is 11.3 Å². The maximum Gasteiger partial charge on any atom is 0.218 e. The second kappa shape index (κ2) is 11.1. The summed E-state index contributed by atoms with van der Waals surface area (Å²) in [4.78, 5) is 2.15. The predicted molar refractivity (Wildman–Crippen MR) is 170 cm³/mol. The average molecular weight is 569 g/mol. The molecule has 5 nitrogen and oxygen atoms in total. The third-order valence-corrected chi connectivity index (χ3v) is 10.4. The molecule has 0 amide bonds. The quantitative estimate of drug-likeness (QED) is 0.344. The van der Waals surface area contributed by atoms with Gasteiger partial charge in [0.2, 0.25) is 15.4 Å². The Labute approximate surface area is 241 Å². The molecule has 0 spiro atoms. The van der Waals surface area contributed by atoms with Crippen LogP contribution in [0.1, 0.15) is 76.6 Å². The van der Waals surface area contributed by atoms with Gasteiger partial charge in [-0.2, -0.15) is 12.6 Å². The summed E-state index contributed by atoms with van der Waals surface area (Å²) >= 11 is 4.35. The van der Waals surface area contributed by atoms with Crippen LogP contribution < -0.4 is 20.1 Å². The largest absolute Gasteiger partial charge is 0.378 e. The maximum atomic E-state index is 13.7. The van der Waals surface area contributed by atoms with Gasteiger partial charge in [0.15, 0.2) is 5.54 Å². The fourth-order valence-electron chi connectivity index (χ4n) is 6.26. The minimum Gasteiger partial charge on any atom is -0.378 e. The lowest BCUT2D eigenvalue weighted by atomic mass is 9.71. The van der Waals surface area contributed by atoms with Crippen LogP contribution in [0, 0.1) is 0 Å². The van der Waals surface area contributed by atoms with E-state index >= 15 is 0 Å². The second-order valence-electron chi connectivity index (χ2n) is 12.2. The molecule has 0 saturated heterocycles. The van der Waals surface area contributed by atoms with Crippen molar-refractivity contribution in [3.05, 3.63) is 69.2 Å². The van der Waals surface area contributed by atoms with Crippen molar-refractivity contribution in [2.24, 2.45) is 0 Å². The van der Waals surface area contributed by atoms with Gasteiger partial charge in [0, 0.05) is 64.0 Å². The number of unbranched alkanes of at least 4 members (excludes halogenated alkanes) is 1. The van der Waals surface area contributed by atoms with E-state index in [0.29, 0.717) is 18.8 Å². The second-order valence-corrected chi connectivity index (χ2v) is 14.6. The van der Waals surface area contributed by atoms with E-state index in [1.165, 1.54) is 27.6 Å². The number of nitrogens with zero attached hydrogens (tertiary/aromatic N) is 3. The first-order valence-electron chi connectivity index (χ1n) is 14.2. The summed E-state index contributed by atoms with van der Waals surface area (Å²) in [6, 6.07) is 11.3. The van der Waals surface area contributed by atoms with Gasteiger partial charge in [-0.3, -0.25) is 0 Å². The van der Waals surface area contributed by atoms with Crippen molar-refractivity contribution in [1.29, 1.82) is 0 Å². The first-order chi connectivity index (χ1) is 18.3. The van der Waals surface area contributed by atoms with E-state index in [1.807, 2.05) is 0 Å². The lowest BCUT2D eigenvalue weighted by Crippen LogP contribution is -2.51. The van der Waals surface area contributed by atoms with Crippen LogP contribution in [-0.2, 0) is 15.4 Å². The molecular formula is C32H46N3O2S2+. The summed E-state index contributed by atoms with van der Waals surface area (Å²) in [6.45, 7) is 15.1. The van der Waals surface area contributed by atoms with Gasteiger partial charge in [-0.25, -0.2) is 17.3 Å².